The van der Waals surface area contributed by atoms with E-state index < -0.39 is 0 Å². The van der Waals surface area contributed by atoms with Crippen molar-refractivity contribution >= 4 is 28.9 Å². The fourth-order valence-corrected chi connectivity index (χ4v) is 2.62. The Morgan fingerprint density at radius 3 is 2.62 bits per heavy atom. The van der Waals surface area contributed by atoms with Crippen LogP contribution in [0.5, 0.6) is 11.5 Å². The highest BCUT2D eigenvalue weighted by molar-refractivity contribution is 6.34. The van der Waals surface area contributed by atoms with Crippen LogP contribution in [0.4, 0.5) is 5.69 Å². The molecule has 112 valence electrons. The minimum absolute atomic E-state index is 0.0429. The Balaban J connectivity index is 2.28. The molecule has 6 heteroatoms. The van der Waals surface area contributed by atoms with Gasteiger partial charge in [0.1, 0.15) is 5.15 Å². The molecule has 0 saturated heterocycles. The summed E-state index contributed by atoms with van der Waals surface area (Å²) in [7, 11) is 1.51. The SMILES string of the molecule is COc1cc(C(C)Nc2c(C)cc(Cl)nc2Cl)ccc1O. The number of phenolic OH excluding ortho intramolecular Hbond substituents is 1. The molecule has 1 aromatic heterocycles. The average molecular weight is 327 g/mol. The molecule has 1 heterocycles. The van der Waals surface area contributed by atoms with Gasteiger partial charge in [0, 0.05) is 6.04 Å². The van der Waals surface area contributed by atoms with Crippen LogP contribution in [-0.4, -0.2) is 17.2 Å². The molecule has 21 heavy (non-hydrogen) atoms. The fourth-order valence-electron chi connectivity index (χ4n) is 2.03. The number of methoxy groups -OCH3 is 1. The highest BCUT2D eigenvalue weighted by Crippen LogP contribution is 2.33. The summed E-state index contributed by atoms with van der Waals surface area (Å²) in [5.74, 6) is 0.536. The van der Waals surface area contributed by atoms with Crippen molar-refractivity contribution in [1.29, 1.82) is 0 Å². The van der Waals surface area contributed by atoms with Gasteiger partial charge in [0.25, 0.3) is 0 Å². The third-order valence-electron chi connectivity index (χ3n) is 3.21. The van der Waals surface area contributed by atoms with Crippen LogP contribution in [0, 0.1) is 6.92 Å². The van der Waals surface area contributed by atoms with Crippen LogP contribution in [-0.2, 0) is 0 Å². The van der Waals surface area contributed by atoms with E-state index in [2.05, 4.69) is 10.3 Å². The van der Waals surface area contributed by atoms with Crippen molar-refractivity contribution in [2.45, 2.75) is 19.9 Å². The highest BCUT2D eigenvalue weighted by atomic mass is 35.5. The number of anilines is 1. The molecule has 2 aromatic rings. The summed E-state index contributed by atoms with van der Waals surface area (Å²) in [6.45, 7) is 3.89. The lowest BCUT2D eigenvalue weighted by molar-refractivity contribution is 0.373. The standard InChI is InChI=1S/C15H16Cl2N2O2/c1-8-6-13(16)19-15(17)14(8)18-9(2)10-4-5-11(20)12(7-10)21-3/h4-7,9,18,20H,1-3H3. The first-order valence-electron chi connectivity index (χ1n) is 6.38. The van der Waals surface area contributed by atoms with Gasteiger partial charge in [0.05, 0.1) is 12.8 Å². The lowest BCUT2D eigenvalue weighted by Crippen LogP contribution is -2.09. The van der Waals surface area contributed by atoms with Gasteiger partial charge in [-0.2, -0.15) is 0 Å². The van der Waals surface area contributed by atoms with Gasteiger partial charge in [-0.15, -0.1) is 0 Å². The maximum atomic E-state index is 9.63. The zero-order valence-electron chi connectivity index (χ0n) is 11.9. The first-order chi connectivity index (χ1) is 9.92. The summed E-state index contributed by atoms with van der Waals surface area (Å²) >= 11 is 12.0. The molecule has 1 unspecified atom stereocenters. The molecule has 1 atom stereocenters. The van der Waals surface area contributed by atoms with E-state index in [1.807, 2.05) is 19.9 Å². The van der Waals surface area contributed by atoms with Crippen LogP contribution in [0.15, 0.2) is 24.3 Å². The molecule has 2 rings (SSSR count). The van der Waals surface area contributed by atoms with E-state index in [0.29, 0.717) is 16.1 Å². The number of benzene rings is 1. The number of hydrogen-bond acceptors (Lipinski definition) is 4. The summed E-state index contributed by atoms with van der Waals surface area (Å²) in [5.41, 5.74) is 2.60. The summed E-state index contributed by atoms with van der Waals surface area (Å²) in [5, 5.41) is 13.6. The second-order valence-electron chi connectivity index (χ2n) is 4.72. The molecule has 0 fully saturated rings. The molecule has 4 nitrogen and oxygen atoms in total. The second kappa shape index (κ2) is 6.41. The Hall–Kier alpha value is -1.65. The van der Waals surface area contributed by atoms with E-state index in [0.717, 1.165) is 16.8 Å². The van der Waals surface area contributed by atoms with Crippen molar-refractivity contribution in [3.63, 3.8) is 0 Å². The molecular weight excluding hydrogens is 311 g/mol. The molecule has 0 aliphatic carbocycles. The number of aromatic hydroxyl groups is 1. The monoisotopic (exact) mass is 326 g/mol. The Labute approximate surface area is 133 Å². The summed E-state index contributed by atoms with van der Waals surface area (Å²) in [6.07, 6.45) is 0. The molecule has 0 bridgehead atoms. The van der Waals surface area contributed by atoms with Crippen LogP contribution in [0.3, 0.4) is 0 Å². The van der Waals surface area contributed by atoms with Crippen molar-refractivity contribution in [2.75, 3.05) is 12.4 Å². The minimum Gasteiger partial charge on any atom is -0.504 e. The molecule has 0 aliphatic rings. The number of hydrogen-bond donors (Lipinski definition) is 2. The van der Waals surface area contributed by atoms with Gasteiger partial charge in [0.15, 0.2) is 16.7 Å². The number of halogens is 2. The van der Waals surface area contributed by atoms with Gasteiger partial charge in [-0.3, -0.25) is 0 Å². The first-order valence-corrected chi connectivity index (χ1v) is 7.14. The smallest absolute Gasteiger partial charge is 0.160 e. The van der Waals surface area contributed by atoms with Crippen LogP contribution in [0.1, 0.15) is 24.1 Å². The lowest BCUT2D eigenvalue weighted by atomic mass is 10.1. The van der Waals surface area contributed by atoms with E-state index in [4.69, 9.17) is 27.9 Å². The predicted molar refractivity (Wildman–Crippen MR) is 85.7 cm³/mol. The van der Waals surface area contributed by atoms with E-state index in [-0.39, 0.29) is 11.8 Å². The van der Waals surface area contributed by atoms with Gasteiger partial charge >= 0.3 is 0 Å². The van der Waals surface area contributed by atoms with E-state index in [1.165, 1.54) is 7.11 Å². The molecule has 0 spiro atoms. The fraction of sp³-hybridized carbons (Fsp3) is 0.267. The number of nitrogens with zero attached hydrogens (tertiary/aromatic N) is 1. The predicted octanol–water partition coefficient (Wildman–Crippen LogP) is 4.58. The summed E-state index contributed by atoms with van der Waals surface area (Å²) in [6, 6.07) is 6.90. The average Bonchev–Trinajstić information content (AvgIpc) is 2.43. The van der Waals surface area contributed by atoms with Crippen LogP contribution < -0.4 is 10.1 Å². The number of phenols is 1. The van der Waals surface area contributed by atoms with Gasteiger partial charge in [-0.25, -0.2) is 4.98 Å². The third-order valence-corrected chi connectivity index (χ3v) is 3.67. The molecule has 1 aromatic carbocycles. The number of ether oxygens (including phenoxy) is 1. The molecule has 0 amide bonds. The molecule has 0 saturated carbocycles. The Morgan fingerprint density at radius 2 is 2.00 bits per heavy atom. The minimum atomic E-state index is -0.0429. The van der Waals surface area contributed by atoms with Crippen molar-refractivity contribution in [1.82, 2.24) is 4.98 Å². The molecule has 2 N–H and O–H groups in total. The highest BCUT2D eigenvalue weighted by Gasteiger charge is 2.13. The van der Waals surface area contributed by atoms with Crippen molar-refractivity contribution in [2.24, 2.45) is 0 Å². The maximum absolute atomic E-state index is 9.63. The first kappa shape index (κ1) is 15.7. The van der Waals surface area contributed by atoms with Crippen LogP contribution >= 0.6 is 23.2 Å². The van der Waals surface area contributed by atoms with Crippen molar-refractivity contribution in [3.8, 4) is 11.5 Å². The quantitative estimate of drug-likeness (QED) is 0.807. The van der Waals surface area contributed by atoms with Crippen LogP contribution in [0.2, 0.25) is 10.3 Å². The van der Waals surface area contributed by atoms with Crippen molar-refractivity contribution < 1.29 is 9.84 Å². The number of rotatable bonds is 4. The maximum Gasteiger partial charge on any atom is 0.160 e. The Bertz CT molecular complexity index is 639. The zero-order valence-corrected chi connectivity index (χ0v) is 13.5. The number of aryl methyl sites for hydroxylation is 1. The van der Waals surface area contributed by atoms with E-state index in [1.54, 1.807) is 18.2 Å². The molecular formula is C15H16Cl2N2O2. The number of pyridine rings is 1. The molecule has 0 radical (unpaired) electrons. The number of aromatic nitrogens is 1. The van der Waals surface area contributed by atoms with Gasteiger partial charge in [0.2, 0.25) is 0 Å². The van der Waals surface area contributed by atoms with E-state index >= 15 is 0 Å². The van der Waals surface area contributed by atoms with Gasteiger partial charge < -0.3 is 15.2 Å². The lowest BCUT2D eigenvalue weighted by Gasteiger charge is -2.19. The van der Waals surface area contributed by atoms with Crippen molar-refractivity contribution in [3.05, 3.63) is 45.7 Å². The third kappa shape index (κ3) is 3.52. The molecule has 0 aliphatic heterocycles. The second-order valence-corrected chi connectivity index (χ2v) is 5.47. The topological polar surface area (TPSA) is 54.4 Å². The van der Waals surface area contributed by atoms with E-state index in [9.17, 15) is 5.11 Å². The normalized spacial score (nSPS) is 12.0. The van der Waals surface area contributed by atoms with Gasteiger partial charge in [-0.05, 0) is 43.2 Å². The van der Waals surface area contributed by atoms with Gasteiger partial charge in [-0.1, -0.05) is 29.3 Å². The van der Waals surface area contributed by atoms with Crippen LogP contribution in [0.25, 0.3) is 0 Å². The Morgan fingerprint density at radius 1 is 1.29 bits per heavy atom. The summed E-state index contributed by atoms with van der Waals surface area (Å²) in [4.78, 5) is 4.03. The Kier molecular flexibility index (Phi) is 4.80. The largest absolute Gasteiger partial charge is 0.504 e. The summed E-state index contributed by atoms with van der Waals surface area (Å²) < 4.78 is 5.12. The zero-order chi connectivity index (χ0) is 15.6. The number of nitrogens with one attached hydrogen (secondary N) is 1.